The van der Waals surface area contributed by atoms with E-state index < -0.39 is 5.97 Å². The Balaban J connectivity index is 3.33. The molecule has 0 amide bonds. The van der Waals surface area contributed by atoms with Gasteiger partial charge in [-0.3, -0.25) is 0 Å². The van der Waals surface area contributed by atoms with Crippen molar-refractivity contribution in [1.29, 1.82) is 0 Å². The minimum Gasteiger partial charge on any atom is -0.478 e. The molecule has 6 heteroatoms. The number of carbonyl (C=O) groups is 1. The van der Waals surface area contributed by atoms with Crippen molar-refractivity contribution in [3.63, 3.8) is 0 Å². The maximum atomic E-state index is 10.3. The molecule has 0 atom stereocenters. The van der Waals surface area contributed by atoms with Crippen LogP contribution in [0.15, 0.2) is 12.1 Å². The first kappa shape index (κ1) is 12.7. The lowest BCUT2D eigenvalue weighted by atomic mass is 10.2. The number of rotatable bonds is 2. The van der Waals surface area contributed by atoms with Crippen LogP contribution in [0.4, 0.5) is 0 Å². The topological polar surface area (TPSA) is 37.3 Å². The second-order valence-corrected chi connectivity index (χ2v) is 4.12. The van der Waals surface area contributed by atoms with E-state index in [1.54, 1.807) is 0 Å². The van der Waals surface area contributed by atoms with Crippen LogP contribution in [0.25, 0.3) is 6.08 Å². The van der Waals surface area contributed by atoms with Gasteiger partial charge in [0.2, 0.25) is 0 Å². The highest BCUT2D eigenvalue weighted by Gasteiger charge is 2.11. The molecule has 1 aromatic rings. The van der Waals surface area contributed by atoms with Gasteiger partial charge in [-0.25, -0.2) is 4.79 Å². The second-order valence-electron chi connectivity index (χ2n) is 2.55. The summed E-state index contributed by atoms with van der Waals surface area (Å²) in [5, 5.41) is 9.23. The van der Waals surface area contributed by atoms with Gasteiger partial charge in [0.1, 0.15) is 0 Å². The van der Waals surface area contributed by atoms with Crippen molar-refractivity contribution in [1.82, 2.24) is 0 Å². The van der Waals surface area contributed by atoms with Gasteiger partial charge in [0.15, 0.2) is 0 Å². The molecule has 15 heavy (non-hydrogen) atoms. The van der Waals surface area contributed by atoms with Crippen molar-refractivity contribution in [2.75, 3.05) is 0 Å². The second kappa shape index (κ2) is 5.08. The molecule has 80 valence electrons. The first-order chi connectivity index (χ1) is 6.93. The lowest BCUT2D eigenvalue weighted by molar-refractivity contribution is -0.131. The molecule has 0 unspecified atom stereocenters. The summed E-state index contributed by atoms with van der Waals surface area (Å²) in [4.78, 5) is 10.3. The van der Waals surface area contributed by atoms with Gasteiger partial charge in [-0.2, -0.15) is 0 Å². The molecule has 0 aliphatic rings. The summed E-state index contributed by atoms with van der Waals surface area (Å²) >= 11 is 23.2. The lowest BCUT2D eigenvalue weighted by Crippen LogP contribution is -1.87. The zero-order chi connectivity index (χ0) is 11.6. The van der Waals surface area contributed by atoms with Crippen molar-refractivity contribution in [2.45, 2.75) is 0 Å². The molecule has 0 aromatic heterocycles. The van der Waals surface area contributed by atoms with E-state index in [-0.39, 0.29) is 20.1 Å². The van der Waals surface area contributed by atoms with Gasteiger partial charge in [0, 0.05) is 11.6 Å². The largest absolute Gasteiger partial charge is 0.478 e. The van der Waals surface area contributed by atoms with Crippen LogP contribution < -0.4 is 0 Å². The minimum absolute atomic E-state index is 0.170. The molecule has 0 spiro atoms. The first-order valence-electron chi connectivity index (χ1n) is 3.67. The Morgan fingerprint density at radius 1 is 1.13 bits per heavy atom. The number of hydrogen-bond acceptors (Lipinski definition) is 1. The summed E-state index contributed by atoms with van der Waals surface area (Å²) in [6.07, 6.45) is 2.14. The molecule has 0 aliphatic carbocycles. The molecule has 0 aliphatic heterocycles. The van der Waals surface area contributed by atoms with Gasteiger partial charge >= 0.3 is 5.97 Å². The molecular weight excluding hydrogens is 282 g/mol. The number of hydrogen-bond donors (Lipinski definition) is 1. The smallest absolute Gasteiger partial charge is 0.328 e. The van der Waals surface area contributed by atoms with Gasteiger partial charge in [-0.15, -0.1) is 0 Å². The third kappa shape index (κ3) is 3.02. The molecule has 0 saturated carbocycles. The molecule has 0 radical (unpaired) electrons. The molecule has 1 rings (SSSR count). The zero-order valence-electron chi connectivity index (χ0n) is 7.10. The fraction of sp³-hybridized carbons (Fsp3) is 0. The predicted molar refractivity (Wildman–Crippen MR) is 63.2 cm³/mol. The normalized spacial score (nSPS) is 10.9. The number of carboxylic acids is 1. The van der Waals surface area contributed by atoms with E-state index in [2.05, 4.69) is 0 Å². The highest BCUT2D eigenvalue weighted by molar-refractivity contribution is 6.48. The molecule has 0 saturated heterocycles. The Morgan fingerprint density at radius 3 is 2.00 bits per heavy atom. The fourth-order valence-electron chi connectivity index (χ4n) is 0.893. The van der Waals surface area contributed by atoms with Crippen LogP contribution in [0, 0.1) is 0 Å². The van der Waals surface area contributed by atoms with Crippen LogP contribution in [0.1, 0.15) is 5.56 Å². The minimum atomic E-state index is -1.11. The summed E-state index contributed by atoms with van der Waals surface area (Å²) in [6, 6.07) is 1.39. The number of halogens is 4. The summed E-state index contributed by atoms with van der Waals surface area (Å²) in [6.45, 7) is 0. The monoisotopic (exact) mass is 284 g/mol. The summed E-state index contributed by atoms with van der Waals surface area (Å²) in [7, 11) is 0. The molecule has 1 N–H and O–H groups in total. The van der Waals surface area contributed by atoms with E-state index in [4.69, 9.17) is 51.5 Å². The van der Waals surface area contributed by atoms with Crippen molar-refractivity contribution < 1.29 is 9.90 Å². The van der Waals surface area contributed by atoms with E-state index in [9.17, 15) is 4.79 Å². The van der Waals surface area contributed by atoms with Crippen LogP contribution in [-0.4, -0.2) is 11.1 Å². The quantitative estimate of drug-likeness (QED) is 0.646. The van der Waals surface area contributed by atoms with Crippen molar-refractivity contribution in [3.8, 4) is 0 Å². The van der Waals surface area contributed by atoms with Gasteiger partial charge in [-0.05, 0) is 12.1 Å². The maximum absolute atomic E-state index is 10.3. The Morgan fingerprint density at radius 2 is 1.60 bits per heavy atom. The van der Waals surface area contributed by atoms with E-state index in [1.165, 1.54) is 12.1 Å². The third-order valence-corrected chi connectivity index (χ3v) is 3.14. The van der Waals surface area contributed by atoms with E-state index in [1.807, 2.05) is 0 Å². The van der Waals surface area contributed by atoms with Gasteiger partial charge in [0.05, 0.1) is 20.1 Å². The van der Waals surface area contributed by atoms with Crippen LogP contribution >= 0.6 is 46.4 Å². The average molecular weight is 286 g/mol. The van der Waals surface area contributed by atoms with Crippen LogP contribution in [0.2, 0.25) is 20.1 Å². The van der Waals surface area contributed by atoms with Crippen LogP contribution in [0.5, 0.6) is 0 Å². The Labute approximate surface area is 106 Å². The van der Waals surface area contributed by atoms with Gasteiger partial charge in [-0.1, -0.05) is 46.4 Å². The predicted octanol–water partition coefficient (Wildman–Crippen LogP) is 4.40. The van der Waals surface area contributed by atoms with Crippen LogP contribution in [-0.2, 0) is 4.79 Å². The Bertz CT molecular complexity index is 414. The highest BCUT2D eigenvalue weighted by atomic mass is 35.5. The fourth-order valence-corrected chi connectivity index (χ4v) is 1.84. The highest BCUT2D eigenvalue weighted by Crippen LogP contribution is 2.37. The molecule has 2 nitrogen and oxygen atoms in total. The molecule has 0 fully saturated rings. The number of aliphatic carboxylic acids is 1. The number of benzene rings is 1. The van der Waals surface area contributed by atoms with E-state index >= 15 is 0 Å². The first-order valence-corrected chi connectivity index (χ1v) is 5.18. The van der Waals surface area contributed by atoms with Gasteiger partial charge < -0.3 is 5.11 Å². The van der Waals surface area contributed by atoms with Crippen molar-refractivity contribution in [2.24, 2.45) is 0 Å². The molecule has 0 heterocycles. The van der Waals surface area contributed by atoms with E-state index in [0.717, 1.165) is 6.08 Å². The Kier molecular flexibility index (Phi) is 4.29. The standard InChI is InChI=1S/C9H4Cl4O2/c10-5-3-6(11)9(13)4(8(5)12)1-2-7(14)15/h1-3H,(H,14,15)/b2-1+. The maximum Gasteiger partial charge on any atom is 0.328 e. The van der Waals surface area contributed by atoms with Gasteiger partial charge in [0.25, 0.3) is 0 Å². The summed E-state index contributed by atoms with van der Waals surface area (Å²) < 4.78 is 0. The van der Waals surface area contributed by atoms with E-state index in [0.29, 0.717) is 5.56 Å². The SMILES string of the molecule is O=C(O)/C=C/c1c(Cl)c(Cl)cc(Cl)c1Cl. The van der Waals surface area contributed by atoms with Crippen molar-refractivity contribution in [3.05, 3.63) is 37.8 Å². The Hall–Kier alpha value is -0.410. The summed E-state index contributed by atoms with van der Waals surface area (Å²) in [5.74, 6) is -1.11. The van der Waals surface area contributed by atoms with Crippen LogP contribution in [0.3, 0.4) is 0 Å². The number of carboxylic acid groups (broad SMARTS) is 1. The third-order valence-electron chi connectivity index (χ3n) is 1.54. The molecule has 0 bridgehead atoms. The van der Waals surface area contributed by atoms with Crippen molar-refractivity contribution >= 4 is 58.4 Å². The molecule has 1 aromatic carbocycles. The lowest BCUT2D eigenvalue weighted by Gasteiger charge is -2.05. The average Bonchev–Trinajstić information content (AvgIpc) is 2.14. The zero-order valence-corrected chi connectivity index (χ0v) is 10.1. The molecular formula is C9H4Cl4O2. The summed E-state index contributed by atoms with van der Waals surface area (Å²) in [5.41, 5.74) is 0.290.